The van der Waals surface area contributed by atoms with Crippen molar-refractivity contribution in [2.75, 3.05) is 48.8 Å². The molecule has 2 aromatic carbocycles. The van der Waals surface area contributed by atoms with Crippen molar-refractivity contribution in [1.29, 1.82) is 0 Å². The molecule has 4 aromatic rings. The van der Waals surface area contributed by atoms with E-state index in [-0.39, 0.29) is 6.04 Å². The molecule has 168 valence electrons. The Hall–Kier alpha value is -3.65. The summed E-state index contributed by atoms with van der Waals surface area (Å²) in [6, 6.07) is 17.0. The lowest BCUT2D eigenvalue weighted by Gasteiger charge is -2.34. The van der Waals surface area contributed by atoms with E-state index in [1.165, 1.54) is 11.3 Å². The standard InChI is InChI=1S/C25H28N8/c1-16-13-23(31-30-16)28-24-19-8-7-18(33-11-9-32(2)10-12-33)15-21(19)27-25(29-24)22-14-17-5-3-4-6-20(17)26-22/h3-8,13,15,22,26H,9-12,14H2,1-2H3,(H2,27,28,29,30,31)/t22-/m1/s1. The Morgan fingerprint density at radius 1 is 1.00 bits per heavy atom. The van der Waals surface area contributed by atoms with E-state index in [1.807, 2.05) is 13.0 Å². The summed E-state index contributed by atoms with van der Waals surface area (Å²) in [5.74, 6) is 2.33. The Morgan fingerprint density at radius 3 is 2.64 bits per heavy atom. The van der Waals surface area contributed by atoms with Crippen LogP contribution in [0.25, 0.3) is 10.9 Å². The average molecular weight is 441 g/mol. The number of para-hydroxylation sites is 1. The molecule has 8 nitrogen and oxygen atoms in total. The second-order valence-corrected chi connectivity index (χ2v) is 9.04. The van der Waals surface area contributed by atoms with Crippen LogP contribution in [0.15, 0.2) is 48.5 Å². The summed E-state index contributed by atoms with van der Waals surface area (Å²) in [6.07, 6.45) is 0.876. The van der Waals surface area contributed by atoms with Gasteiger partial charge in [-0.2, -0.15) is 5.10 Å². The van der Waals surface area contributed by atoms with Crippen LogP contribution in [-0.2, 0) is 6.42 Å². The summed E-state index contributed by atoms with van der Waals surface area (Å²) < 4.78 is 0. The predicted octanol–water partition coefficient (Wildman–Crippen LogP) is 3.87. The van der Waals surface area contributed by atoms with E-state index in [9.17, 15) is 0 Å². The predicted molar refractivity (Wildman–Crippen MR) is 132 cm³/mol. The van der Waals surface area contributed by atoms with Gasteiger partial charge < -0.3 is 20.4 Å². The van der Waals surface area contributed by atoms with Crippen molar-refractivity contribution in [2.45, 2.75) is 19.4 Å². The van der Waals surface area contributed by atoms with Gasteiger partial charge in [0, 0.05) is 61.1 Å². The molecule has 2 aliphatic rings. The molecule has 0 spiro atoms. The molecule has 0 saturated carbocycles. The summed E-state index contributed by atoms with van der Waals surface area (Å²) in [6.45, 7) is 6.18. The molecule has 0 aliphatic carbocycles. The zero-order chi connectivity index (χ0) is 22.4. The average Bonchev–Trinajstić information content (AvgIpc) is 3.45. The molecule has 4 heterocycles. The van der Waals surface area contributed by atoms with Gasteiger partial charge in [-0.3, -0.25) is 5.10 Å². The number of H-pyrrole nitrogens is 1. The molecule has 1 saturated heterocycles. The van der Waals surface area contributed by atoms with Gasteiger partial charge in [0.05, 0.1) is 11.6 Å². The molecule has 6 rings (SSSR count). The third kappa shape index (κ3) is 3.87. The van der Waals surface area contributed by atoms with Gasteiger partial charge in [-0.15, -0.1) is 0 Å². The number of piperazine rings is 1. The third-order valence-corrected chi connectivity index (χ3v) is 6.60. The molecule has 3 N–H and O–H groups in total. The molecule has 0 unspecified atom stereocenters. The fourth-order valence-electron chi connectivity index (χ4n) is 4.71. The highest BCUT2D eigenvalue weighted by Gasteiger charge is 2.25. The van der Waals surface area contributed by atoms with Crippen LogP contribution < -0.4 is 15.5 Å². The van der Waals surface area contributed by atoms with Gasteiger partial charge in [0.2, 0.25) is 0 Å². The van der Waals surface area contributed by atoms with Crippen LogP contribution in [0.3, 0.4) is 0 Å². The first-order valence-electron chi connectivity index (χ1n) is 11.5. The molecule has 1 atom stereocenters. The van der Waals surface area contributed by atoms with E-state index in [2.05, 4.69) is 80.1 Å². The Balaban J connectivity index is 1.40. The molecule has 0 radical (unpaired) electrons. The molecule has 0 bridgehead atoms. The van der Waals surface area contributed by atoms with Gasteiger partial charge >= 0.3 is 0 Å². The minimum atomic E-state index is 0.0422. The van der Waals surface area contributed by atoms with Crippen LogP contribution >= 0.6 is 0 Å². The fraction of sp³-hybridized carbons (Fsp3) is 0.320. The van der Waals surface area contributed by atoms with Crippen molar-refractivity contribution in [3.63, 3.8) is 0 Å². The number of aromatic nitrogens is 4. The first-order valence-corrected chi connectivity index (χ1v) is 11.5. The van der Waals surface area contributed by atoms with E-state index in [1.54, 1.807) is 0 Å². The zero-order valence-electron chi connectivity index (χ0n) is 19.0. The molecule has 2 aliphatic heterocycles. The third-order valence-electron chi connectivity index (χ3n) is 6.60. The number of aryl methyl sites for hydroxylation is 1. The molecule has 33 heavy (non-hydrogen) atoms. The summed E-state index contributed by atoms with van der Waals surface area (Å²) in [7, 11) is 2.18. The summed E-state index contributed by atoms with van der Waals surface area (Å²) >= 11 is 0. The van der Waals surface area contributed by atoms with E-state index in [4.69, 9.17) is 9.97 Å². The highest BCUT2D eigenvalue weighted by Crippen LogP contribution is 2.35. The first kappa shape index (κ1) is 20.0. The van der Waals surface area contributed by atoms with Gasteiger partial charge in [-0.25, -0.2) is 9.97 Å². The SMILES string of the molecule is Cc1cc(Nc2nc([C@H]3Cc4ccccc4N3)nc3cc(N4CCN(C)CC4)ccc23)n[nH]1. The summed E-state index contributed by atoms with van der Waals surface area (Å²) in [4.78, 5) is 14.8. The molecular formula is C25H28N8. The van der Waals surface area contributed by atoms with Crippen LogP contribution in [0.5, 0.6) is 0 Å². The summed E-state index contributed by atoms with van der Waals surface area (Å²) in [5.41, 5.74) is 5.62. The number of rotatable bonds is 4. The van der Waals surface area contributed by atoms with Gasteiger partial charge in [-0.1, -0.05) is 18.2 Å². The van der Waals surface area contributed by atoms with Crippen molar-refractivity contribution in [2.24, 2.45) is 0 Å². The first-order chi connectivity index (χ1) is 16.1. The number of anilines is 4. The van der Waals surface area contributed by atoms with Crippen LogP contribution in [0.4, 0.5) is 23.0 Å². The maximum absolute atomic E-state index is 5.04. The number of hydrogen-bond acceptors (Lipinski definition) is 7. The smallest absolute Gasteiger partial charge is 0.153 e. The quantitative estimate of drug-likeness (QED) is 0.444. The van der Waals surface area contributed by atoms with E-state index < -0.39 is 0 Å². The number of likely N-dealkylation sites (N-methyl/N-ethyl adjacent to an activating group) is 1. The molecule has 1 fully saturated rings. The van der Waals surface area contributed by atoms with Gasteiger partial charge in [-0.05, 0) is 43.8 Å². The van der Waals surface area contributed by atoms with Gasteiger partial charge in [0.15, 0.2) is 11.6 Å². The van der Waals surface area contributed by atoms with Crippen molar-refractivity contribution >= 4 is 33.9 Å². The zero-order valence-corrected chi connectivity index (χ0v) is 19.0. The van der Waals surface area contributed by atoms with Crippen molar-refractivity contribution < 1.29 is 0 Å². The second kappa shape index (κ2) is 8.04. The number of hydrogen-bond donors (Lipinski definition) is 3. The lowest BCUT2D eigenvalue weighted by atomic mass is 10.1. The van der Waals surface area contributed by atoms with Crippen LogP contribution in [0.2, 0.25) is 0 Å². The Bertz CT molecular complexity index is 1280. The maximum Gasteiger partial charge on any atom is 0.153 e. The lowest BCUT2D eigenvalue weighted by molar-refractivity contribution is 0.313. The Labute approximate surface area is 193 Å². The topological polar surface area (TPSA) is 85.0 Å². The van der Waals surface area contributed by atoms with E-state index in [0.717, 1.165) is 72.3 Å². The highest BCUT2D eigenvalue weighted by atomic mass is 15.2. The van der Waals surface area contributed by atoms with E-state index >= 15 is 0 Å². The number of nitrogens with one attached hydrogen (secondary N) is 3. The number of aromatic amines is 1. The van der Waals surface area contributed by atoms with Crippen LogP contribution in [0.1, 0.15) is 23.1 Å². The summed E-state index contributed by atoms with van der Waals surface area (Å²) in [5, 5.41) is 15.4. The lowest BCUT2D eigenvalue weighted by Crippen LogP contribution is -2.44. The highest BCUT2D eigenvalue weighted by molar-refractivity contribution is 5.92. The van der Waals surface area contributed by atoms with Crippen LogP contribution in [-0.4, -0.2) is 58.3 Å². The second-order valence-electron chi connectivity index (χ2n) is 9.04. The number of fused-ring (bicyclic) bond motifs is 2. The molecular weight excluding hydrogens is 412 g/mol. The molecule has 2 aromatic heterocycles. The van der Waals surface area contributed by atoms with Crippen LogP contribution in [0, 0.1) is 6.92 Å². The fourth-order valence-corrected chi connectivity index (χ4v) is 4.71. The Morgan fingerprint density at radius 2 is 1.85 bits per heavy atom. The molecule has 0 amide bonds. The van der Waals surface area contributed by atoms with Gasteiger partial charge in [0.1, 0.15) is 5.82 Å². The maximum atomic E-state index is 5.04. The number of benzene rings is 2. The Kier molecular flexibility index (Phi) is 4.87. The van der Waals surface area contributed by atoms with Crippen molar-refractivity contribution in [3.05, 3.63) is 65.6 Å². The minimum absolute atomic E-state index is 0.0422. The normalized spacial score (nSPS) is 18.4. The van der Waals surface area contributed by atoms with Gasteiger partial charge in [0.25, 0.3) is 0 Å². The van der Waals surface area contributed by atoms with E-state index in [0.29, 0.717) is 0 Å². The van der Waals surface area contributed by atoms with Crippen molar-refractivity contribution in [1.82, 2.24) is 25.1 Å². The largest absolute Gasteiger partial charge is 0.375 e. The number of nitrogens with zero attached hydrogens (tertiary/aromatic N) is 5. The monoisotopic (exact) mass is 440 g/mol. The minimum Gasteiger partial charge on any atom is -0.375 e. The van der Waals surface area contributed by atoms with Crippen molar-refractivity contribution in [3.8, 4) is 0 Å². The molecule has 8 heteroatoms.